The van der Waals surface area contributed by atoms with E-state index in [1.165, 1.54) is 13.0 Å². The van der Waals surface area contributed by atoms with Crippen molar-refractivity contribution in [3.05, 3.63) is 160 Å². The van der Waals surface area contributed by atoms with Gasteiger partial charge in [0.2, 0.25) is 5.91 Å². The molecule has 7 nitrogen and oxygen atoms in total. The second kappa shape index (κ2) is 10.7. The maximum Gasteiger partial charge on any atom is 0.270 e. The molecule has 0 N–H and O–H groups in total. The van der Waals surface area contributed by atoms with Crippen LogP contribution in [0.2, 0.25) is 0 Å². The molecule has 2 heterocycles. The minimum absolute atomic E-state index is 0.0122. The molecule has 0 atom stereocenters. The minimum atomic E-state index is -0.692. The Labute approximate surface area is 238 Å². The van der Waals surface area contributed by atoms with Crippen LogP contribution in [-0.4, -0.2) is 26.9 Å². The van der Waals surface area contributed by atoms with Gasteiger partial charge in [0.25, 0.3) is 5.69 Å². The van der Waals surface area contributed by atoms with Crippen LogP contribution in [0.4, 0.5) is 11.4 Å². The van der Waals surface area contributed by atoms with Crippen molar-refractivity contribution in [2.45, 2.75) is 18.9 Å². The number of rotatable bonds is 6. The van der Waals surface area contributed by atoms with Gasteiger partial charge < -0.3 is 9.47 Å². The molecule has 0 saturated heterocycles. The van der Waals surface area contributed by atoms with Gasteiger partial charge in [-0.3, -0.25) is 14.9 Å². The van der Waals surface area contributed by atoms with Crippen LogP contribution in [0.1, 0.15) is 41.3 Å². The van der Waals surface area contributed by atoms with E-state index in [0.717, 1.165) is 28.0 Å². The molecular formula is C34H28N4O3. The lowest BCUT2D eigenvalue weighted by molar-refractivity contribution is -0.384. The topological polar surface area (TPSA) is 81.3 Å². The summed E-state index contributed by atoms with van der Waals surface area (Å²) in [5.74, 6) is -0.0956. The molecule has 202 valence electrons. The van der Waals surface area contributed by atoms with E-state index in [0.29, 0.717) is 24.2 Å². The number of carbonyl (C=O) groups excluding carboxylic acids is 1. The van der Waals surface area contributed by atoms with Gasteiger partial charge in [0.05, 0.1) is 22.6 Å². The number of nitrogens with zero attached hydrogens (tertiary/aromatic N) is 4. The summed E-state index contributed by atoms with van der Waals surface area (Å²) < 4.78 is 2.14. The third-order valence-corrected chi connectivity index (χ3v) is 7.70. The SMILES string of the molecule is CC(=O)N1CC/C(=C\c2cn(C(c3ccccc3)(c3ccccc3)c3ccccc3)cn2)c2cc([N+](=O)[O-])ccc21. The molecule has 0 unspecified atom stereocenters. The highest BCUT2D eigenvalue weighted by molar-refractivity contribution is 5.99. The van der Waals surface area contributed by atoms with Gasteiger partial charge in [-0.05, 0) is 40.8 Å². The third-order valence-electron chi connectivity index (χ3n) is 7.70. The summed E-state index contributed by atoms with van der Waals surface area (Å²) in [7, 11) is 0. The predicted molar refractivity (Wildman–Crippen MR) is 160 cm³/mol. The highest BCUT2D eigenvalue weighted by Crippen LogP contribution is 2.42. The highest BCUT2D eigenvalue weighted by Gasteiger charge is 2.38. The number of anilines is 1. The van der Waals surface area contributed by atoms with Crippen LogP contribution in [0.3, 0.4) is 0 Å². The molecule has 0 spiro atoms. The monoisotopic (exact) mass is 540 g/mol. The molecule has 0 saturated carbocycles. The lowest BCUT2D eigenvalue weighted by Crippen LogP contribution is -2.36. The summed E-state index contributed by atoms with van der Waals surface area (Å²) in [6.45, 7) is 2.01. The van der Waals surface area contributed by atoms with Crippen LogP contribution in [0, 0.1) is 10.1 Å². The van der Waals surface area contributed by atoms with Gasteiger partial charge in [0.1, 0.15) is 5.54 Å². The third kappa shape index (κ3) is 4.61. The number of hydrogen-bond acceptors (Lipinski definition) is 4. The Balaban J connectivity index is 1.53. The first-order valence-electron chi connectivity index (χ1n) is 13.5. The molecule has 4 aromatic carbocycles. The smallest absolute Gasteiger partial charge is 0.270 e. The van der Waals surface area contributed by atoms with E-state index in [1.807, 2.05) is 73.2 Å². The van der Waals surface area contributed by atoms with Gasteiger partial charge in [-0.15, -0.1) is 0 Å². The van der Waals surface area contributed by atoms with E-state index in [9.17, 15) is 14.9 Å². The first-order chi connectivity index (χ1) is 20.0. The van der Waals surface area contributed by atoms with E-state index >= 15 is 0 Å². The lowest BCUT2D eigenvalue weighted by Gasteiger charge is -2.37. The van der Waals surface area contributed by atoms with Crippen molar-refractivity contribution >= 4 is 28.9 Å². The van der Waals surface area contributed by atoms with Crippen molar-refractivity contribution in [2.75, 3.05) is 11.4 Å². The van der Waals surface area contributed by atoms with Crippen LogP contribution in [0.5, 0.6) is 0 Å². The minimum Gasteiger partial charge on any atom is -0.318 e. The number of fused-ring (bicyclic) bond motifs is 1. The molecule has 7 heteroatoms. The largest absolute Gasteiger partial charge is 0.318 e. The molecule has 1 aromatic heterocycles. The maximum absolute atomic E-state index is 12.3. The lowest BCUT2D eigenvalue weighted by atomic mass is 9.77. The van der Waals surface area contributed by atoms with Crippen LogP contribution >= 0.6 is 0 Å². The Kier molecular flexibility index (Phi) is 6.77. The molecule has 1 aliphatic rings. The second-order valence-electron chi connectivity index (χ2n) is 10.1. The van der Waals surface area contributed by atoms with Gasteiger partial charge in [-0.2, -0.15) is 0 Å². The molecule has 0 radical (unpaired) electrons. The van der Waals surface area contributed by atoms with E-state index in [4.69, 9.17) is 4.98 Å². The number of aromatic nitrogens is 2. The van der Waals surface area contributed by atoms with Gasteiger partial charge in [-0.1, -0.05) is 91.0 Å². The zero-order valence-corrected chi connectivity index (χ0v) is 22.6. The molecule has 5 aromatic rings. The summed E-state index contributed by atoms with van der Waals surface area (Å²) in [6.07, 6.45) is 6.40. The van der Waals surface area contributed by atoms with Gasteiger partial charge in [0.15, 0.2) is 0 Å². The van der Waals surface area contributed by atoms with Gasteiger partial charge >= 0.3 is 0 Å². The number of non-ortho nitro benzene ring substituents is 1. The second-order valence-corrected chi connectivity index (χ2v) is 10.1. The fraction of sp³-hybridized carbons (Fsp3) is 0.118. The van der Waals surface area contributed by atoms with Crippen molar-refractivity contribution in [3.8, 4) is 0 Å². The van der Waals surface area contributed by atoms with Crippen LogP contribution < -0.4 is 4.90 Å². The molecule has 0 aliphatic carbocycles. The zero-order chi connectivity index (χ0) is 28.4. The summed E-state index contributed by atoms with van der Waals surface area (Å²) >= 11 is 0. The van der Waals surface area contributed by atoms with E-state index in [-0.39, 0.29) is 11.6 Å². The molecule has 41 heavy (non-hydrogen) atoms. The number of amides is 1. The predicted octanol–water partition coefficient (Wildman–Crippen LogP) is 6.93. The molecule has 0 bridgehead atoms. The zero-order valence-electron chi connectivity index (χ0n) is 22.6. The van der Waals surface area contributed by atoms with E-state index in [1.54, 1.807) is 17.0 Å². The molecule has 1 amide bonds. The fourth-order valence-corrected chi connectivity index (χ4v) is 5.85. The Bertz CT molecular complexity index is 1650. The van der Waals surface area contributed by atoms with E-state index < -0.39 is 10.5 Å². The number of carbonyl (C=O) groups is 1. The number of nitro benzene ring substituents is 1. The van der Waals surface area contributed by atoms with Crippen LogP contribution in [0.25, 0.3) is 11.6 Å². The summed E-state index contributed by atoms with van der Waals surface area (Å²) in [5.41, 5.74) is 5.53. The van der Waals surface area contributed by atoms with Crippen molar-refractivity contribution in [3.63, 3.8) is 0 Å². The average molecular weight is 541 g/mol. The molecular weight excluding hydrogens is 512 g/mol. The highest BCUT2D eigenvalue weighted by atomic mass is 16.6. The summed E-state index contributed by atoms with van der Waals surface area (Å²) in [5, 5.41) is 11.6. The Morgan fingerprint density at radius 1 is 0.878 bits per heavy atom. The maximum atomic E-state index is 12.3. The number of benzene rings is 4. The van der Waals surface area contributed by atoms with Crippen molar-refractivity contribution in [1.29, 1.82) is 0 Å². The van der Waals surface area contributed by atoms with Crippen LogP contribution in [0.15, 0.2) is 122 Å². The number of hydrogen-bond donors (Lipinski definition) is 0. The summed E-state index contributed by atoms with van der Waals surface area (Å²) in [4.78, 5) is 30.0. The normalized spacial score (nSPS) is 14.1. The fourth-order valence-electron chi connectivity index (χ4n) is 5.85. The number of nitro groups is 1. The first kappa shape index (κ1) is 26.0. The summed E-state index contributed by atoms with van der Waals surface area (Å²) in [6, 6.07) is 35.7. The van der Waals surface area contributed by atoms with Crippen molar-refractivity contribution in [2.24, 2.45) is 0 Å². The van der Waals surface area contributed by atoms with Gasteiger partial charge in [-0.25, -0.2) is 4.98 Å². The van der Waals surface area contributed by atoms with Crippen molar-refractivity contribution in [1.82, 2.24) is 9.55 Å². The van der Waals surface area contributed by atoms with E-state index in [2.05, 4.69) is 41.0 Å². The molecule has 6 rings (SSSR count). The Morgan fingerprint density at radius 2 is 1.44 bits per heavy atom. The number of imidazole rings is 1. The Hall–Kier alpha value is -5.30. The van der Waals surface area contributed by atoms with Gasteiger partial charge in [0, 0.05) is 37.4 Å². The van der Waals surface area contributed by atoms with Crippen molar-refractivity contribution < 1.29 is 9.72 Å². The van der Waals surface area contributed by atoms with Crippen LogP contribution in [-0.2, 0) is 10.3 Å². The quantitative estimate of drug-likeness (QED) is 0.133. The Morgan fingerprint density at radius 3 is 1.95 bits per heavy atom. The molecule has 0 fully saturated rings. The standard InChI is InChI=1S/C34H28N4O3/c1-25(39)37-20-19-26(32-22-31(38(40)41)17-18-33(32)37)21-30-23-36(24-35-30)34(27-11-5-2-6-12-27,28-13-7-3-8-14-28)29-15-9-4-10-16-29/h2-18,21-24H,19-20H2,1H3/b26-21+. The first-order valence-corrected chi connectivity index (χ1v) is 13.5. The molecule has 1 aliphatic heterocycles. The average Bonchev–Trinajstić information content (AvgIpc) is 3.47.